The Bertz CT molecular complexity index is 2000. The highest BCUT2D eigenvalue weighted by atomic mass is 32.1. The molecule has 196 valence electrons. The van der Waals surface area contributed by atoms with Gasteiger partial charge in [0.1, 0.15) is 23.8 Å². The fourth-order valence-corrected chi connectivity index (χ4v) is 4.82. The van der Waals surface area contributed by atoms with Gasteiger partial charge in [0.25, 0.3) is 0 Å². The van der Waals surface area contributed by atoms with Gasteiger partial charge in [-0.15, -0.1) is 11.3 Å². The van der Waals surface area contributed by atoms with E-state index >= 15 is 0 Å². The molecule has 0 atom stereocenters. The maximum Gasteiger partial charge on any atom is 0.341 e. The lowest BCUT2D eigenvalue weighted by atomic mass is 9.97. The Morgan fingerprint density at radius 1 is 0.947 bits per heavy atom. The van der Waals surface area contributed by atoms with Crippen molar-refractivity contribution in [3.63, 3.8) is 0 Å². The minimum Gasteiger partial charge on any atom is -0.508 e. The third-order valence-corrected chi connectivity index (χ3v) is 6.49. The number of thiophene rings is 1. The number of aliphatic carboxylic acids is 1. The van der Waals surface area contributed by atoms with Gasteiger partial charge in [0.2, 0.25) is 0 Å². The van der Waals surface area contributed by atoms with Crippen LogP contribution in [0.5, 0.6) is 17.2 Å². The third kappa shape index (κ3) is 5.98. The average molecular weight is 546 g/mol. The van der Waals surface area contributed by atoms with Gasteiger partial charge < -0.3 is 19.7 Å². The van der Waals surface area contributed by atoms with E-state index in [1.54, 1.807) is 24.3 Å². The highest BCUT2D eigenvalue weighted by Crippen LogP contribution is 2.41. The van der Waals surface area contributed by atoms with Gasteiger partial charge >= 0.3 is 5.97 Å². The van der Waals surface area contributed by atoms with Gasteiger partial charge in [0, 0.05) is 49.0 Å². The predicted octanol–water partition coefficient (Wildman–Crippen LogP) is 5.83. The summed E-state index contributed by atoms with van der Waals surface area (Å²) in [6, 6.07) is 15.2. The summed E-state index contributed by atoms with van der Waals surface area (Å²) >= 11 is 1.19. The Balaban J connectivity index is 1.49. The Morgan fingerprint density at radius 2 is 1.66 bits per heavy atom. The van der Waals surface area contributed by atoms with Gasteiger partial charge in [-0.25, -0.2) is 4.79 Å². The van der Waals surface area contributed by atoms with E-state index in [2.05, 4.69) is 0 Å². The quantitative estimate of drug-likeness (QED) is 0.242. The predicted molar refractivity (Wildman–Crippen MR) is 148 cm³/mol. The van der Waals surface area contributed by atoms with Gasteiger partial charge in [0.05, 0.1) is 2.74 Å². The highest BCUT2D eigenvalue weighted by molar-refractivity contribution is 7.22. The number of piperidine rings is 1. The lowest BCUT2D eigenvalue weighted by molar-refractivity contribution is -0.139. The smallest absolute Gasteiger partial charge is 0.341 e. The molecule has 1 aliphatic heterocycles. The van der Waals surface area contributed by atoms with E-state index in [1.165, 1.54) is 41.7 Å². The molecule has 0 aliphatic carbocycles. The Labute approximate surface area is 244 Å². The highest BCUT2D eigenvalue weighted by Gasteiger charge is 2.22. The topological polar surface area (TPSA) is 96.3 Å². The molecule has 0 amide bonds. The molecule has 1 fully saturated rings. The maximum atomic E-state index is 14.0. The summed E-state index contributed by atoms with van der Waals surface area (Å²) in [4.78, 5) is 24.9. The number of likely N-dealkylation sites (tertiary alicyclic amines) is 1. The van der Waals surface area contributed by atoms with E-state index < -0.39 is 74.2 Å². The molecule has 1 aromatic heterocycles. The van der Waals surface area contributed by atoms with Crippen molar-refractivity contribution in [1.82, 2.24) is 4.90 Å². The summed E-state index contributed by atoms with van der Waals surface area (Å²) < 4.78 is 126. The summed E-state index contributed by atoms with van der Waals surface area (Å²) in [5.74, 6) is -1.95. The second-order valence-electron chi connectivity index (χ2n) is 7.80. The largest absolute Gasteiger partial charge is 0.508 e. The van der Waals surface area contributed by atoms with Crippen molar-refractivity contribution in [1.29, 1.82) is 0 Å². The molecule has 4 aromatic rings. The number of carbonyl (C=O) groups excluding carboxylic acids is 1. The number of rotatable bonds is 10. The van der Waals surface area contributed by atoms with Crippen LogP contribution in [0, 0.1) is 0 Å². The van der Waals surface area contributed by atoms with Gasteiger partial charge in [-0.05, 0) is 98.0 Å². The molecule has 7 nitrogen and oxygen atoms in total. The van der Waals surface area contributed by atoms with E-state index in [9.17, 15) is 14.7 Å². The average Bonchev–Trinajstić information content (AvgIpc) is 3.41. The molecule has 2 heterocycles. The van der Waals surface area contributed by atoms with E-state index in [-0.39, 0.29) is 22.6 Å². The van der Waals surface area contributed by atoms with Crippen molar-refractivity contribution >= 4 is 33.2 Å². The van der Waals surface area contributed by atoms with Gasteiger partial charge in [-0.1, -0.05) is 6.37 Å². The minimum absolute atomic E-state index is 0.0206. The zero-order valence-corrected chi connectivity index (χ0v) is 20.3. The van der Waals surface area contributed by atoms with Crippen molar-refractivity contribution in [2.45, 2.75) is 19.1 Å². The lowest BCUT2D eigenvalue weighted by Crippen LogP contribution is -2.33. The summed E-state index contributed by atoms with van der Waals surface area (Å²) in [5.41, 5.74) is 0.813. The molecule has 0 unspecified atom stereocenters. The number of carboxylic acids is 1. The summed E-state index contributed by atoms with van der Waals surface area (Å²) in [5, 5.41) is 19.3. The first-order valence-electron chi connectivity index (χ1n) is 18.1. The molecule has 0 radical (unpaired) electrons. The van der Waals surface area contributed by atoms with Crippen LogP contribution < -0.4 is 9.47 Å². The van der Waals surface area contributed by atoms with Crippen LogP contribution in [0.1, 0.15) is 54.2 Å². The number of carbonyl (C=O) groups is 2. The zero-order valence-electron chi connectivity index (χ0n) is 33.4. The van der Waals surface area contributed by atoms with E-state index in [1.807, 2.05) is 0 Å². The monoisotopic (exact) mass is 545 g/mol. The number of fused-ring (bicyclic) bond motifs is 1. The van der Waals surface area contributed by atoms with Crippen molar-refractivity contribution in [2.24, 2.45) is 0 Å². The van der Waals surface area contributed by atoms with Crippen LogP contribution in [-0.4, -0.2) is 59.5 Å². The number of hydrogen-bond acceptors (Lipinski definition) is 7. The fraction of sp³-hybridized carbons (Fsp3) is 0.267. The molecule has 5 rings (SSSR count). The number of phenolic OH excluding ortho intramolecular Hbond substituents is 1. The van der Waals surface area contributed by atoms with Crippen molar-refractivity contribution in [3.8, 4) is 27.7 Å². The van der Waals surface area contributed by atoms with Crippen LogP contribution in [0.3, 0.4) is 0 Å². The molecular weight excluding hydrogens is 502 g/mol. The number of hydrogen-bond donors (Lipinski definition) is 2. The summed E-state index contributed by atoms with van der Waals surface area (Å²) in [7, 11) is 0. The zero-order chi connectivity index (χ0) is 39.0. The van der Waals surface area contributed by atoms with E-state index in [0.29, 0.717) is 20.5 Å². The molecule has 3 aromatic carbocycles. The normalized spacial score (nSPS) is 26.7. The van der Waals surface area contributed by atoms with Gasteiger partial charge in [-0.3, -0.25) is 9.69 Å². The summed E-state index contributed by atoms with van der Waals surface area (Å²) in [6.07, 6.45) is -11.7. The van der Waals surface area contributed by atoms with Crippen LogP contribution in [0.25, 0.3) is 20.5 Å². The molecule has 2 N–H and O–H groups in total. The number of aromatic hydroxyl groups is 1. The number of nitrogens with zero attached hydrogens (tertiary/aromatic N) is 1. The summed E-state index contributed by atoms with van der Waals surface area (Å²) in [6.45, 7) is -16.3. The van der Waals surface area contributed by atoms with E-state index in [4.69, 9.17) is 33.8 Å². The first kappa shape index (κ1) is 13.8. The van der Waals surface area contributed by atoms with Crippen molar-refractivity contribution in [2.75, 3.05) is 32.7 Å². The second kappa shape index (κ2) is 11.7. The van der Waals surface area contributed by atoms with Crippen LogP contribution in [0.2, 0.25) is 0 Å². The maximum absolute atomic E-state index is 14.0. The molecular formula is C30H29NO6S. The van der Waals surface area contributed by atoms with Gasteiger partial charge in [-0.2, -0.15) is 0 Å². The standard InChI is InChI=1S/C30H29NO6S/c32-22-8-4-21(5-9-22)30-28(25-13-12-24(18-26(25)38-30)37-19-27(33)34)29(35)20-6-10-23(11-7-20)36-17-16-31-14-2-1-3-15-31/h4-13,18,32H,1-3,14-17,19H2,(H,33,34)/i1D2,2D2,3D2,14D2,15D2,16D2,17D2. The Kier molecular flexibility index (Phi) is 4.23. The minimum atomic E-state index is -3.99. The SMILES string of the molecule is [2H]C([2H])(Oc1ccc(C(=O)c2c(-c3ccc(O)cc3)sc3cc(OCC(=O)O)ccc23)cc1)C([2H])([2H])N1C([2H])([2H])C([2H])([2H])C([2H])([2H])C([2H])([2H])C1([2H])[2H]. The van der Waals surface area contributed by atoms with Crippen LogP contribution >= 0.6 is 11.3 Å². The molecule has 38 heavy (non-hydrogen) atoms. The second-order valence-corrected chi connectivity index (χ2v) is 8.85. The lowest BCUT2D eigenvalue weighted by Gasteiger charge is -2.26. The van der Waals surface area contributed by atoms with Crippen LogP contribution in [-0.2, 0) is 4.79 Å². The molecule has 8 heteroatoms. The third-order valence-electron chi connectivity index (χ3n) is 5.28. The van der Waals surface area contributed by atoms with Crippen molar-refractivity contribution < 1.29 is 48.5 Å². The first-order chi connectivity index (χ1) is 23.7. The molecule has 0 bridgehead atoms. The van der Waals surface area contributed by atoms with E-state index in [0.717, 1.165) is 12.1 Å². The number of ketones is 1. The van der Waals surface area contributed by atoms with Crippen LogP contribution in [0.4, 0.5) is 0 Å². The van der Waals surface area contributed by atoms with Crippen LogP contribution in [0.15, 0.2) is 66.7 Å². The number of ether oxygens (including phenoxy) is 2. The van der Waals surface area contributed by atoms with Crippen molar-refractivity contribution in [3.05, 3.63) is 77.9 Å². The van der Waals surface area contributed by atoms with Gasteiger partial charge in [0.15, 0.2) is 12.4 Å². The number of carboxylic acid groups (broad SMARTS) is 1. The fourth-order valence-electron chi connectivity index (χ4n) is 3.58. The number of benzene rings is 3. The number of phenols is 1. The molecule has 1 aliphatic rings. The first-order valence-corrected chi connectivity index (χ1v) is 11.9. The Hall–Kier alpha value is -3.88. The Morgan fingerprint density at radius 3 is 2.37 bits per heavy atom. The molecule has 1 saturated heterocycles. The molecule has 0 spiro atoms. The molecule has 0 saturated carbocycles.